The number of ether oxygens (including phenoxy) is 1. The largest absolute Gasteiger partial charge is 0.497 e. The van der Waals surface area contributed by atoms with Crippen molar-refractivity contribution in [3.05, 3.63) is 54.6 Å². The summed E-state index contributed by atoms with van der Waals surface area (Å²) < 4.78 is 5.14. The fraction of sp³-hybridized carbons (Fsp3) is 0.333. The Labute approximate surface area is 164 Å². The molecule has 1 N–H and O–H groups in total. The van der Waals surface area contributed by atoms with Crippen LogP contribution in [0.3, 0.4) is 0 Å². The van der Waals surface area contributed by atoms with Crippen molar-refractivity contribution in [2.45, 2.75) is 17.7 Å². The number of nitrogens with zero attached hydrogens (tertiary/aromatic N) is 1. The highest BCUT2D eigenvalue weighted by atomic mass is 32.2. The second kappa shape index (κ2) is 9.46. The normalized spacial score (nSPS) is 16.6. The molecule has 1 aliphatic rings. The number of likely N-dealkylation sites (tertiary alicyclic amines) is 1. The number of hydrogen-bond donors (Lipinski definition) is 1. The first-order valence-electron chi connectivity index (χ1n) is 9.06. The molecule has 0 radical (unpaired) electrons. The van der Waals surface area contributed by atoms with Gasteiger partial charge < -0.3 is 15.0 Å². The van der Waals surface area contributed by atoms with E-state index in [0.29, 0.717) is 12.3 Å². The predicted octanol–water partition coefficient (Wildman–Crippen LogP) is 3.66. The minimum Gasteiger partial charge on any atom is -0.497 e. The van der Waals surface area contributed by atoms with Gasteiger partial charge in [-0.15, -0.1) is 11.8 Å². The lowest BCUT2D eigenvalue weighted by atomic mass is 9.97. The van der Waals surface area contributed by atoms with Crippen LogP contribution in [0.5, 0.6) is 5.75 Å². The number of thioether (sulfide) groups is 1. The van der Waals surface area contributed by atoms with Gasteiger partial charge in [-0.3, -0.25) is 9.59 Å². The molecule has 0 aliphatic carbocycles. The molecule has 5 nitrogen and oxygen atoms in total. The third-order valence-electron chi connectivity index (χ3n) is 4.61. The Bertz CT molecular complexity index is 765. The molecule has 3 rings (SSSR count). The van der Waals surface area contributed by atoms with Crippen LogP contribution < -0.4 is 10.1 Å². The minimum atomic E-state index is -0.158. The summed E-state index contributed by atoms with van der Waals surface area (Å²) >= 11 is 1.51. The Kier molecular flexibility index (Phi) is 6.76. The van der Waals surface area contributed by atoms with Crippen LogP contribution in [-0.4, -0.2) is 42.7 Å². The van der Waals surface area contributed by atoms with Crippen LogP contribution in [0.15, 0.2) is 59.5 Å². The minimum absolute atomic E-state index is 0.0125. The Hall–Kier alpha value is -2.47. The summed E-state index contributed by atoms with van der Waals surface area (Å²) in [6.45, 7) is 1.21. The summed E-state index contributed by atoms with van der Waals surface area (Å²) in [6, 6.07) is 17.1. The molecule has 6 heteroatoms. The molecular weight excluding hydrogens is 360 g/mol. The maximum Gasteiger partial charge on any atom is 0.232 e. The Morgan fingerprint density at radius 2 is 1.89 bits per heavy atom. The molecule has 1 saturated heterocycles. The molecule has 0 bridgehead atoms. The lowest BCUT2D eigenvalue weighted by Gasteiger charge is -2.32. The first-order valence-corrected chi connectivity index (χ1v) is 10.0. The number of benzene rings is 2. The van der Waals surface area contributed by atoms with Crippen molar-refractivity contribution in [1.29, 1.82) is 0 Å². The van der Waals surface area contributed by atoms with Crippen LogP contribution in [0.4, 0.5) is 5.69 Å². The van der Waals surface area contributed by atoms with Crippen molar-refractivity contribution in [2.75, 3.05) is 31.3 Å². The van der Waals surface area contributed by atoms with E-state index in [4.69, 9.17) is 4.74 Å². The zero-order valence-corrected chi connectivity index (χ0v) is 16.2. The fourth-order valence-corrected chi connectivity index (χ4v) is 3.89. The third kappa shape index (κ3) is 5.50. The second-order valence-corrected chi connectivity index (χ2v) is 7.55. The average Bonchev–Trinajstić information content (AvgIpc) is 2.73. The SMILES string of the molecule is COc1ccc(SCC(=O)N2CCCC(C(=O)Nc3ccccc3)C2)cc1. The summed E-state index contributed by atoms with van der Waals surface area (Å²) in [5.41, 5.74) is 0.793. The van der Waals surface area contributed by atoms with E-state index in [-0.39, 0.29) is 17.7 Å². The van der Waals surface area contributed by atoms with Crippen LogP contribution in [0, 0.1) is 5.92 Å². The number of methoxy groups -OCH3 is 1. The zero-order valence-electron chi connectivity index (χ0n) is 15.4. The topological polar surface area (TPSA) is 58.6 Å². The van der Waals surface area contributed by atoms with Gasteiger partial charge in [-0.1, -0.05) is 18.2 Å². The molecule has 2 aromatic rings. The molecule has 1 atom stereocenters. The molecular formula is C21H24N2O3S. The Morgan fingerprint density at radius 3 is 2.59 bits per heavy atom. The zero-order chi connectivity index (χ0) is 19.1. The Morgan fingerprint density at radius 1 is 1.15 bits per heavy atom. The number of carbonyl (C=O) groups is 2. The van der Waals surface area contributed by atoms with Gasteiger partial charge in [0, 0.05) is 23.7 Å². The second-order valence-electron chi connectivity index (χ2n) is 6.50. The lowest BCUT2D eigenvalue weighted by Crippen LogP contribution is -2.44. The van der Waals surface area contributed by atoms with Crippen LogP contribution in [0.2, 0.25) is 0 Å². The molecule has 0 saturated carbocycles. The highest BCUT2D eigenvalue weighted by Crippen LogP contribution is 2.24. The van der Waals surface area contributed by atoms with Gasteiger partial charge in [0.05, 0.1) is 18.8 Å². The van der Waals surface area contributed by atoms with E-state index in [2.05, 4.69) is 5.32 Å². The standard InChI is InChI=1S/C21H24N2O3S/c1-26-18-9-11-19(12-10-18)27-15-20(24)23-13-5-6-16(14-23)21(25)22-17-7-3-2-4-8-17/h2-4,7-12,16H,5-6,13-15H2,1H3,(H,22,25). The molecule has 142 valence electrons. The van der Waals surface area contributed by atoms with Crippen LogP contribution in [0.1, 0.15) is 12.8 Å². The number of nitrogens with one attached hydrogen (secondary N) is 1. The van der Waals surface area contributed by atoms with E-state index in [1.807, 2.05) is 59.5 Å². The van der Waals surface area contributed by atoms with E-state index < -0.39 is 0 Å². The molecule has 2 aromatic carbocycles. The van der Waals surface area contributed by atoms with Crippen molar-refractivity contribution < 1.29 is 14.3 Å². The van der Waals surface area contributed by atoms with E-state index in [1.165, 1.54) is 11.8 Å². The molecule has 0 spiro atoms. The van der Waals surface area contributed by atoms with E-state index in [9.17, 15) is 9.59 Å². The fourth-order valence-electron chi connectivity index (χ4n) is 3.09. The van der Waals surface area contributed by atoms with Crippen LogP contribution in [-0.2, 0) is 9.59 Å². The van der Waals surface area contributed by atoms with Gasteiger partial charge in [0.25, 0.3) is 0 Å². The van der Waals surface area contributed by atoms with Crippen molar-refractivity contribution in [3.8, 4) is 5.75 Å². The monoisotopic (exact) mass is 384 g/mol. The molecule has 1 aliphatic heterocycles. The molecule has 1 unspecified atom stereocenters. The molecule has 0 aromatic heterocycles. The molecule has 27 heavy (non-hydrogen) atoms. The first-order chi connectivity index (χ1) is 13.2. The number of amides is 2. The number of piperidine rings is 1. The number of rotatable bonds is 6. The molecule has 2 amide bonds. The van der Waals surface area contributed by atoms with Gasteiger partial charge >= 0.3 is 0 Å². The molecule has 1 fully saturated rings. The summed E-state index contributed by atoms with van der Waals surface area (Å²) in [7, 11) is 1.63. The van der Waals surface area contributed by atoms with Crippen LogP contribution >= 0.6 is 11.8 Å². The number of para-hydroxylation sites is 1. The quantitative estimate of drug-likeness (QED) is 0.772. The van der Waals surface area contributed by atoms with Gasteiger partial charge in [0.15, 0.2) is 0 Å². The van der Waals surface area contributed by atoms with Gasteiger partial charge in [0.2, 0.25) is 11.8 Å². The van der Waals surface area contributed by atoms with Gasteiger partial charge in [-0.25, -0.2) is 0 Å². The van der Waals surface area contributed by atoms with Crippen molar-refractivity contribution in [1.82, 2.24) is 4.90 Å². The van der Waals surface area contributed by atoms with Gasteiger partial charge in [0.1, 0.15) is 5.75 Å². The third-order valence-corrected chi connectivity index (χ3v) is 5.60. The summed E-state index contributed by atoms with van der Waals surface area (Å²) in [5, 5.41) is 2.95. The van der Waals surface area contributed by atoms with Crippen LogP contribution in [0.25, 0.3) is 0 Å². The van der Waals surface area contributed by atoms with E-state index in [0.717, 1.165) is 35.7 Å². The van der Waals surface area contributed by atoms with Gasteiger partial charge in [-0.05, 0) is 49.2 Å². The maximum atomic E-state index is 12.6. The van der Waals surface area contributed by atoms with Crippen molar-refractivity contribution in [2.24, 2.45) is 5.92 Å². The smallest absolute Gasteiger partial charge is 0.232 e. The summed E-state index contributed by atoms with van der Waals surface area (Å²) in [5.74, 6) is 1.08. The lowest BCUT2D eigenvalue weighted by molar-refractivity contribution is -0.132. The number of anilines is 1. The Balaban J connectivity index is 1.50. The number of hydrogen-bond acceptors (Lipinski definition) is 4. The maximum absolute atomic E-state index is 12.6. The van der Waals surface area contributed by atoms with Gasteiger partial charge in [-0.2, -0.15) is 0 Å². The highest BCUT2D eigenvalue weighted by Gasteiger charge is 2.28. The predicted molar refractivity (Wildman–Crippen MR) is 108 cm³/mol. The van der Waals surface area contributed by atoms with Crippen molar-refractivity contribution in [3.63, 3.8) is 0 Å². The van der Waals surface area contributed by atoms with E-state index in [1.54, 1.807) is 7.11 Å². The summed E-state index contributed by atoms with van der Waals surface area (Å²) in [6.07, 6.45) is 1.67. The highest BCUT2D eigenvalue weighted by molar-refractivity contribution is 8.00. The average molecular weight is 385 g/mol. The molecule has 1 heterocycles. The van der Waals surface area contributed by atoms with E-state index >= 15 is 0 Å². The number of carbonyl (C=O) groups excluding carboxylic acids is 2. The first kappa shape index (κ1) is 19.3. The summed E-state index contributed by atoms with van der Waals surface area (Å²) in [4.78, 5) is 27.9. The van der Waals surface area contributed by atoms with Crippen molar-refractivity contribution >= 4 is 29.3 Å².